The zero-order chi connectivity index (χ0) is 12.9. The molecule has 0 atom stereocenters. The molecule has 0 amide bonds. The molecule has 0 saturated heterocycles. The Balaban J connectivity index is 2.69. The van der Waals surface area contributed by atoms with Gasteiger partial charge in [0.1, 0.15) is 0 Å². The lowest BCUT2D eigenvalue weighted by Crippen LogP contribution is -2.47. The minimum atomic E-state index is -0.161. The Morgan fingerprint density at radius 3 is 2.53 bits per heavy atom. The molecule has 1 heterocycles. The second kappa shape index (κ2) is 6.17. The molecular formula is C13H25N3O. The van der Waals surface area contributed by atoms with Gasteiger partial charge in [0.25, 0.3) is 0 Å². The van der Waals surface area contributed by atoms with Gasteiger partial charge < -0.3 is 15.0 Å². The number of nitrogens with one attached hydrogen (secondary N) is 1. The molecule has 0 bridgehead atoms. The summed E-state index contributed by atoms with van der Waals surface area (Å²) in [5.74, 6) is 0. The summed E-state index contributed by atoms with van der Waals surface area (Å²) >= 11 is 0. The van der Waals surface area contributed by atoms with Crippen LogP contribution in [0.2, 0.25) is 0 Å². The number of aliphatic hydroxyl groups excluding tert-OH is 1. The summed E-state index contributed by atoms with van der Waals surface area (Å²) < 4.78 is 2.15. The molecule has 4 nitrogen and oxygen atoms in total. The molecule has 0 fully saturated rings. The lowest BCUT2D eigenvalue weighted by atomic mass is 9.94. The molecule has 0 spiro atoms. The van der Waals surface area contributed by atoms with Crippen LogP contribution in [0.25, 0.3) is 0 Å². The van der Waals surface area contributed by atoms with Crippen LogP contribution in [0.4, 0.5) is 0 Å². The predicted octanol–water partition coefficient (Wildman–Crippen LogP) is 2.10. The maximum atomic E-state index is 9.50. The van der Waals surface area contributed by atoms with Crippen molar-refractivity contribution in [2.24, 2.45) is 0 Å². The van der Waals surface area contributed by atoms with E-state index in [9.17, 15) is 5.11 Å². The van der Waals surface area contributed by atoms with Crippen molar-refractivity contribution in [1.29, 1.82) is 0 Å². The van der Waals surface area contributed by atoms with Gasteiger partial charge in [-0.2, -0.15) is 0 Å². The molecule has 1 aromatic rings. The average molecular weight is 239 g/mol. The Morgan fingerprint density at radius 1 is 1.41 bits per heavy atom. The van der Waals surface area contributed by atoms with Crippen LogP contribution < -0.4 is 5.32 Å². The van der Waals surface area contributed by atoms with E-state index >= 15 is 0 Å². The van der Waals surface area contributed by atoms with E-state index in [-0.39, 0.29) is 12.1 Å². The largest absolute Gasteiger partial charge is 0.394 e. The lowest BCUT2D eigenvalue weighted by molar-refractivity contribution is 0.148. The Morgan fingerprint density at radius 2 is 2.06 bits per heavy atom. The van der Waals surface area contributed by atoms with E-state index in [2.05, 4.69) is 42.6 Å². The number of hydrogen-bond donors (Lipinski definition) is 2. The van der Waals surface area contributed by atoms with Gasteiger partial charge in [0.2, 0.25) is 0 Å². The third-order valence-electron chi connectivity index (χ3n) is 3.60. The molecule has 98 valence electrons. The van der Waals surface area contributed by atoms with Crippen LogP contribution in [0.3, 0.4) is 0 Å². The standard InChI is InChI=1S/C13H25N3O/c1-5-13(6-2,9-17)15-8-12-7-14-10-16(12)11(3)4/h7,10-11,15,17H,5-6,8-9H2,1-4H3. The number of hydrogen-bond acceptors (Lipinski definition) is 3. The maximum absolute atomic E-state index is 9.50. The van der Waals surface area contributed by atoms with Crippen LogP contribution in [0, 0.1) is 0 Å². The van der Waals surface area contributed by atoms with Gasteiger partial charge in [0, 0.05) is 24.3 Å². The highest BCUT2D eigenvalue weighted by atomic mass is 16.3. The first-order valence-electron chi connectivity index (χ1n) is 6.45. The number of nitrogens with zero attached hydrogens (tertiary/aromatic N) is 2. The predicted molar refractivity (Wildman–Crippen MR) is 69.9 cm³/mol. The van der Waals surface area contributed by atoms with E-state index in [1.165, 1.54) is 5.69 Å². The molecule has 0 aliphatic rings. The summed E-state index contributed by atoms with van der Waals surface area (Å²) in [4.78, 5) is 4.18. The highest BCUT2D eigenvalue weighted by Crippen LogP contribution is 2.16. The molecule has 1 aromatic heterocycles. The van der Waals surface area contributed by atoms with Gasteiger partial charge in [-0.15, -0.1) is 0 Å². The summed E-state index contributed by atoms with van der Waals surface area (Å²) in [6.45, 7) is 9.42. The SMILES string of the molecule is CCC(CC)(CO)NCc1cncn1C(C)C. The minimum Gasteiger partial charge on any atom is -0.394 e. The molecule has 0 unspecified atom stereocenters. The molecule has 0 saturated carbocycles. The monoisotopic (exact) mass is 239 g/mol. The van der Waals surface area contributed by atoms with Gasteiger partial charge in [0.15, 0.2) is 0 Å². The Bertz CT molecular complexity index is 321. The normalized spacial score (nSPS) is 12.4. The van der Waals surface area contributed by atoms with Gasteiger partial charge in [-0.05, 0) is 26.7 Å². The third-order valence-corrected chi connectivity index (χ3v) is 3.60. The van der Waals surface area contributed by atoms with Crippen molar-refractivity contribution in [1.82, 2.24) is 14.9 Å². The number of imidazole rings is 1. The fourth-order valence-electron chi connectivity index (χ4n) is 1.99. The second-order valence-electron chi connectivity index (χ2n) is 4.89. The molecule has 0 aliphatic heterocycles. The van der Waals surface area contributed by atoms with Crippen LogP contribution in [0.5, 0.6) is 0 Å². The highest BCUT2D eigenvalue weighted by molar-refractivity contribution is 5.01. The van der Waals surface area contributed by atoms with Crippen molar-refractivity contribution in [2.45, 2.75) is 58.7 Å². The molecular weight excluding hydrogens is 214 g/mol. The summed E-state index contributed by atoms with van der Waals surface area (Å²) in [5, 5.41) is 13.0. The fraction of sp³-hybridized carbons (Fsp3) is 0.769. The molecule has 1 rings (SSSR count). The first-order chi connectivity index (χ1) is 8.08. The maximum Gasteiger partial charge on any atom is 0.0951 e. The number of aliphatic hydroxyl groups is 1. The summed E-state index contributed by atoms with van der Waals surface area (Å²) in [6.07, 6.45) is 5.60. The first kappa shape index (κ1) is 14.2. The van der Waals surface area contributed by atoms with E-state index in [4.69, 9.17) is 0 Å². The molecule has 17 heavy (non-hydrogen) atoms. The molecule has 4 heteroatoms. The zero-order valence-electron chi connectivity index (χ0n) is 11.4. The molecule has 2 N–H and O–H groups in total. The van der Waals surface area contributed by atoms with E-state index in [1.807, 2.05) is 12.5 Å². The number of rotatable bonds is 7. The molecule has 0 aliphatic carbocycles. The topological polar surface area (TPSA) is 50.1 Å². The van der Waals surface area contributed by atoms with Crippen molar-refractivity contribution in [3.63, 3.8) is 0 Å². The smallest absolute Gasteiger partial charge is 0.0951 e. The molecule has 0 aromatic carbocycles. The first-order valence-corrected chi connectivity index (χ1v) is 6.45. The second-order valence-corrected chi connectivity index (χ2v) is 4.89. The van der Waals surface area contributed by atoms with E-state index in [1.54, 1.807) is 0 Å². The van der Waals surface area contributed by atoms with Crippen molar-refractivity contribution in [2.75, 3.05) is 6.61 Å². The van der Waals surface area contributed by atoms with E-state index in [0.29, 0.717) is 6.04 Å². The van der Waals surface area contributed by atoms with Gasteiger partial charge in [-0.1, -0.05) is 13.8 Å². The Labute approximate surface area is 104 Å². The highest BCUT2D eigenvalue weighted by Gasteiger charge is 2.24. The van der Waals surface area contributed by atoms with Crippen LogP contribution in [0.1, 0.15) is 52.3 Å². The lowest BCUT2D eigenvalue weighted by Gasteiger charge is -2.31. The summed E-state index contributed by atoms with van der Waals surface area (Å²) in [6, 6.07) is 0.418. The fourth-order valence-corrected chi connectivity index (χ4v) is 1.99. The van der Waals surface area contributed by atoms with Gasteiger partial charge in [-0.3, -0.25) is 0 Å². The third kappa shape index (κ3) is 3.30. The summed E-state index contributed by atoms with van der Waals surface area (Å²) in [5.41, 5.74) is 1.01. The van der Waals surface area contributed by atoms with E-state index < -0.39 is 0 Å². The molecule has 0 radical (unpaired) electrons. The van der Waals surface area contributed by atoms with Crippen LogP contribution in [-0.2, 0) is 6.54 Å². The Kier molecular flexibility index (Phi) is 5.15. The zero-order valence-corrected chi connectivity index (χ0v) is 11.4. The summed E-state index contributed by atoms with van der Waals surface area (Å²) in [7, 11) is 0. The van der Waals surface area contributed by atoms with Crippen LogP contribution in [0.15, 0.2) is 12.5 Å². The number of aromatic nitrogens is 2. The van der Waals surface area contributed by atoms with Crippen molar-refractivity contribution >= 4 is 0 Å². The van der Waals surface area contributed by atoms with Crippen LogP contribution in [-0.4, -0.2) is 26.8 Å². The van der Waals surface area contributed by atoms with Crippen molar-refractivity contribution in [3.8, 4) is 0 Å². The van der Waals surface area contributed by atoms with Gasteiger partial charge >= 0.3 is 0 Å². The quantitative estimate of drug-likeness (QED) is 0.766. The van der Waals surface area contributed by atoms with Crippen molar-refractivity contribution < 1.29 is 5.11 Å². The van der Waals surface area contributed by atoms with Gasteiger partial charge in [-0.25, -0.2) is 4.98 Å². The van der Waals surface area contributed by atoms with E-state index in [0.717, 1.165) is 19.4 Å². The average Bonchev–Trinajstić information content (AvgIpc) is 2.80. The Hall–Kier alpha value is -0.870. The van der Waals surface area contributed by atoms with Crippen molar-refractivity contribution in [3.05, 3.63) is 18.2 Å². The van der Waals surface area contributed by atoms with Gasteiger partial charge in [0.05, 0.1) is 18.6 Å². The minimum absolute atomic E-state index is 0.161. The van der Waals surface area contributed by atoms with Crippen LogP contribution >= 0.6 is 0 Å².